The van der Waals surface area contributed by atoms with Gasteiger partial charge in [0, 0.05) is 0 Å². The fourth-order valence-corrected chi connectivity index (χ4v) is 3.31. The summed E-state index contributed by atoms with van der Waals surface area (Å²) in [6.45, 7) is 5.30. The molecular formula is C21H27NO5S. The predicted octanol–water partition coefficient (Wildman–Crippen LogP) is 3.36. The topological polar surface area (TPSA) is 92.7 Å². The summed E-state index contributed by atoms with van der Waals surface area (Å²) >= 11 is 0. The molecule has 6 nitrogen and oxygen atoms in total. The highest BCUT2D eigenvalue weighted by Gasteiger charge is 2.25. The first-order valence-electron chi connectivity index (χ1n) is 9.24. The van der Waals surface area contributed by atoms with Crippen molar-refractivity contribution in [2.24, 2.45) is 5.92 Å². The third kappa shape index (κ3) is 7.42. The van der Waals surface area contributed by atoms with E-state index in [2.05, 4.69) is 12.2 Å². The maximum Gasteiger partial charge on any atom is 0.323 e. The molecular weight excluding hydrogens is 378 g/mol. The second-order valence-electron chi connectivity index (χ2n) is 7.02. The Hall–Kier alpha value is -2.22. The van der Waals surface area contributed by atoms with Gasteiger partial charge >= 0.3 is 5.97 Å². The number of piperidine rings is 1. The monoisotopic (exact) mass is 405 g/mol. The highest BCUT2D eigenvalue weighted by atomic mass is 32.2. The molecule has 0 aliphatic carbocycles. The standard InChI is InChI=1S/C14H19NO2.C7H8O3S/c1-11-7-8-15-13(9-11)14(16)17-10-12-5-3-2-4-6-12;1-6-2-4-7(5-3-6)11(8,9)10/h2-6,11,13,15H,7-10H2,1H3;2-5H,1H3,(H,8,9,10). The zero-order valence-electron chi connectivity index (χ0n) is 16.2. The van der Waals surface area contributed by atoms with Crippen LogP contribution in [0.2, 0.25) is 0 Å². The lowest BCUT2D eigenvalue weighted by atomic mass is 9.94. The van der Waals surface area contributed by atoms with E-state index in [0.717, 1.165) is 30.5 Å². The largest absolute Gasteiger partial charge is 0.460 e. The van der Waals surface area contributed by atoms with Crippen LogP contribution in [0.3, 0.4) is 0 Å². The number of hydrogen-bond acceptors (Lipinski definition) is 5. The van der Waals surface area contributed by atoms with Crippen molar-refractivity contribution >= 4 is 16.1 Å². The van der Waals surface area contributed by atoms with Crippen molar-refractivity contribution in [2.75, 3.05) is 6.54 Å². The van der Waals surface area contributed by atoms with E-state index in [4.69, 9.17) is 9.29 Å². The first-order chi connectivity index (χ1) is 13.3. The molecule has 0 amide bonds. The van der Waals surface area contributed by atoms with Crippen LogP contribution in [0.15, 0.2) is 59.5 Å². The van der Waals surface area contributed by atoms with E-state index in [9.17, 15) is 13.2 Å². The van der Waals surface area contributed by atoms with E-state index >= 15 is 0 Å². The third-order valence-electron chi connectivity index (χ3n) is 4.49. The maximum atomic E-state index is 11.8. The van der Waals surface area contributed by atoms with Crippen molar-refractivity contribution in [1.82, 2.24) is 5.32 Å². The van der Waals surface area contributed by atoms with Crippen molar-refractivity contribution in [3.63, 3.8) is 0 Å². The van der Waals surface area contributed by atoms with Crippen LogP contribution in [0, 0.1) is 12.8 Å². The van der Waals surface area contributed by atoms with Gasteiger partial charge in [-0.05, 0) is 49.9 Å². The van der Waals surface area contributed by atoms with E-state index in [-0.39, 0.29) is 16.9 Å². The van der Waals surface area contributed by atoms with Crippen LogP contribution in [0.1, 0.15) is 30.9 Å². The number of aryl methyl sites for hydroxylation is 1. The molecule has 2 aromatic carbocycles. The average molecular weight is 406 g/mol. The van der Waals surface area contributed by atoms with Gasteiger partial charge < -0.3 is 10.1 Å². The fourth-order valence-electron chi connectivity index (χ4n) is 2.83. The first kappa shape index (κ1) is 22.1. The lowest BCUT2D eigenvalue weighted by molar-refractivity contribution is -0.148. The quantitative estimate of drug-likeness (QED) is 0.599. The van der Waals surface area contributed by atoms with Gasteiger partial charge in [0.25, 0.3) is 10.1 Å². The zero-order valence-corrected chi connectivity index (χ0v) is 17.0. The molecule has 2 N–H and O–H groups in total. The summed E-state index contributed by atoms with van der Waals surface area (Å²) in [7, 11) is -4.02. The molecule has 1 aliphatic heterocycles. The number of rotatable bonds is 4. The third-order valence-corrected chi connectivity index (χ3v) is 5.36. The van der Waals surface area contributed by atoms with Crippen molar-refractivity contribution in [3.8, 4) is 0 Å². The highest BCUT2D eigenvalue weighted by molar-refractivity contribution is 7.85. The summed E-state index contributed by atoms with van der Waals surface area (Å²) in [6.07, 6.45) is 2.02. The van der Waals surface area contributed by atoms with Crippen molar-refractivity contribution in [2.45, 2.75) is 44.2 Å². The van der Waals surface area contributed by atoms with Gasteiger partial charge in [-0.3, -0.25) is 9.35 Å². The molecule has 1 saturated heterocycles. The fraction of sp³-hybridized carbons (Fsp3) is 0.381. The average Bonchev–Trinajstić information content (AvgIpc) is 2.67. The first-order valence-corrected chi connectivity index (χ1v) is 10.7. The Labute approximate surface area is 166 Å². The van der Waals surface area contributed by atoms with Crippen LogP contribution in [-0.4, -0.2) is 31.5 Å². The Kier molecular flexibility index (Phi) is 8.17. The van der Waals surface area contributed by atoms with E-state index in [1.54, 1.807) is 12.1 Å². The number of nitrogens with one attached hydrogen (secondary N) is 1. The van der Waals surface area contributed by atoms with Crippen LogP contribution >= 0.6 is 0 Å². The molecule has 0 bridgehead atoms. The second-order valence-corrected chi connectivity index (χ2v) is 8.44. The van der Waals surface area contributed by atoms with Gasteiger partial charge in [-0.15, -0.1) is 0 Å². The van der Waals surface area contributed by atoms with Crippen molar-refractivity contribution in [3.05, 3.63) is 65.7 Å². The smallest absolute Gasteiger partial charge is 0.323 e. The number of carbonyl (C=O) groups is 1. The molecule has 0 saturated carbocycles. The Bertz CT molecular complexity index is 850. The van der Waals surface area contributed by atoms with Crippen molar-refractivity contribution in [1.29, 1.82) is 0 Å². The highest BCUT2D eigenvalue weighted by Crippen LogP contribution is 2.16. The van der Waals surface area contributed by atoms with Gasteiger partial charge in [-0.1, -0.05) is 55.0 Å². The molecule has 2 unspecified atom stereocenters. The normalized spacial score (nSPS) is 19.2. The van der Waals surface area contributed by atoms with Gasteiger partial charge in [0.2, 0.25) is 0 Å². The Morgan fingerprint density at radius 1 is 1.14 bits per heavy atom. The molecule has 0 aromatic heterocycles. The number of benzene rings is 2. The van der Waals surface area contributed by atoms with E-state index in [1.165, 1.54) is 12.1 Å². The van der Waals surface area contributed by atoms with E-state index in [0.29, 0.717) is 12.5 Å². The summed E-state index contributed by atoms with van der Waals surface area (Å²) in [4.78, 5) is 11.8. The number of ether oxygens (including phenoxy) is 1. The van der Waals surface area contributed by atoms with Gasteiger partial charge in [-0.2, -0.15) is 8.42 Å². The van der Waals surface area contributed by atoms with Crippen LogP contribution in [0.5, 0.6) is 0 Å². The van der Waals surface area contributed by atoms with Crippen LogP contribution in [-0.2, 0) is 26.3 Å². The van der Waals surface area contributed by atoms with Gasteiger partial charge in [0.05, 0.1) is 4.90 Å². The van der Waals surface area contributed by atoms with Gasteiger partial charge in [0.15, 0.2) is 0 Å². The summed E-state index contributed by atoms with van der Waals surface area (Å²) in [5, 5.41) is 3.21. The minimum atomic E-state index is -4.02. The van der Waals surface area contributed by atoms with Crippen LogP contribution in [0.4, 0.5) is 0 Å². The van der Waals surface area contributed by atoms with Gasteiger partial charge in [0.1, 0.15) is 12.6 Å². The van der Waals surface area contributed by atoms with Crippen LogP contribution in [0.25, 0.3) is 0 Å². The van der Waals surface area contributed by atoms with Gasteiger partial charge in [-0.25, -0.2) is 0 Å². The van der Waals surface area contributed by atoms with E-state index in [1.807, 2.05) is 37.3 Å². The molecule has 152 valence electrons. The number of esters is 1. The maximum absolute atomic E-state index is 11.8. The molecule has 2 atom stereocenters. The summed E-state index contributed by atoms with van der Waals surface area (Å²) in [5.41, 5.74) is 1.99. The summed E-state index contributed by atoms with van der Waals surface area (Å²) in [5.74, 6) is 0.478. The second kappa shape index (κ2) is 10.4. The Morgan fingerprint density at radius 3 is 2.36 bits per heavy atom. The molecule has 2 aromatic rings. The summed E-state index contributed by atoms with van der Waals surface area (Å²) < 4.78 is 34.9. The Morgan fingerprint density at radius 2 is 1.79 bits per heavy atom. The number of carbonyl (C=O) groups excluding carboxylic acids is 1. The lowest BCUT2D eigenvalue weighted by Crippen LogP contribution is -2.43. The number of hydrogen-bond donors (Lipinski definition) is 2. The van der Waals surface area contributed by atoms with Crippen molar-refractivity contribution < 1.29 is 22.5 Å². The Balaban J connectivity index is 0.000000221. The predicted molar refractivity (Wildman–Crippen MR) is 107 cm³/mol. The summed E-state index contributed by atoms with van der Waals surface area (Å²) in [6, 6.07) is 15.6. The molecule has 1 heterocycles. The molecule has 3 rings (SSSR count). The minimum absolute atomic E-state index is 0.0666. The molecule has 1 fully saturated rings. The molecule has 28 heavy (non-hydrogen) atoms. The lowest BCUT2D eigenvalue weighted by Gasteiger charge is -2.26. The molecule has 7 heteroatoms. The molecule has 1 aliphatic rings. The minimum Gasteiger partial charge on any atom is -0.460 e. The van der Waals surface area contributed by atoms with E-state index < -0.39 is 10.1 Å². The SMILES string of the molecule is CC1CCNC(C(=O)OCc2ccccc2)C1.Cc1ccc(S(=O)(=O)O)cc1. The molecule has 0 spiro atoms. The molecule has 0 radical (unpaired) electrons. The van der Waals surface area contributed by atoms with Crippen LogP contribution < -0.4 is 5.32 Å². The zero-order chi connectivity index (χ0) is 20.6.